The number of aliphatic hydroxyl groups is 3. The molecule has 3 aliphatic carbocycles. The summed E-state index contributed by atoms with van der Waals surface area (Å²) in [6.45, 7) is 3.84. The highest BCUT2D eigenvalue weighted by Crippen LogP contribution is 2.67. The number of rotatable bonds is 7. The highest BCUT2D eigenvalue weighted by atomic mass is 16.8. The summed E-state index contributed by atoms with van der Waals surface area (Å²) in [5.41, 5.74) is 9.91. The Morgan fingerprint density at radius 3 is 2.40 bits per heavy atom. The molecular formula is C28H39N5O7. The number of ether oxygens (including phenoxy) is 1. The maximum Gasteiger partial charge on any atom is 0.253 e. The molecule has 5 rings (SSSR count). The van der Waals surface area contributed by atoms with Gasteiger partial charge < -0.3 is 41.5 Å². The van der Waals surface area contributed by atoms with Crippen LogP contribution in [0.1, 0.15) is 49.9 Å². The number of nitrogens with two attached hydrogens (primary N) is 2. The van der Waals surface area contributed by atoms with Crippen molar-refractivity contribution in [3.63, 3.8) is 0 Å². The number of nitrogens with zero attached hydrogens (tertiary/aromatic N) is 3. The Labute approximate surface area is 232 Å². The zero-order chi connectivity index (χ0) is 29.7. The maximum atomic E-state index is 14.2. The van der Waals surface area contributed by atoms with Gasteiger partial charge in [0.25, 0.3) is 5.91 Å². The van der Waals surface area contributed by atoms with Crippen molar-refractivity contribution in [1.29, 1.82) is 0 Å². The first-order valence-corrected chi connectivity index (χ1v) is 13.5. The fourth-order valence-electron chi connectivity index (χ4n) is 7.10. The number of fused-ring (bicyclic) bond motifs is 2. The van der Waals surface area contributed by atoms with E-state index in [0.29, 0.717) is 36.3 Å². The van der Waals surface area contributed by atoms with Crippen LogP contribution < -0.4 is 16.4 Å². The van der Waals surface area contributed by atoms with Crippen LogP contribution in [0.4, 0.5) is 5.82 Å². The molecule has 1 aromatic heterocycles. The lowest BCUT2D eigenvalue weighted by Gasteiger charge is -2.46. The number of carbonyl (C=O) groups is 2. The summed E-state index contributed by atoms with van der Waals surface area (Å²) in [7, 11) is 7.00. The predicted molar refractivity (Wildman–Crippen MR) is 146 cm³/mol. The monoisotopic (exact) mass is 557 g/mol. The first kappa shape index (κ1) is 28.3. The van der Waals surface area contributed by atoms with E-state index in [2.05, 4.69) is 0 Å². The number of anilines is 1. The predicted octanol–water partition coefficient (Wildman–Crippen LogP) is 0.642. The first-order valence-electron chi connectivity index (χ1n) is 13.5. The average molecular weight is 558 g/mol. The zero-order valence-electron chi connectivity index (χ0n) is 23.8. The molecule has 5 atom stereocenters. The summed E-state index contributed by atoms with van der Waals surface area (Å²) in [5, 5.41) is 45.4. The van der Waals surface area contributed by atoms with E-state index in [1.165, 1.54) is 0 Å². The highest BCUT2D eigenvalue weighted by Gasteiger charge is 2.86. The number of likely N-dealkylation sites (N-methyl/N-ethyl adjacent to an activating group) is 1. The number of amides is 1. The second kappa shape index (κ2) is 8.90. The van der Waals surface area contributed by atoms with Gasteiger partial charge in [-0.1, -0.05) is 0 Å². The van der Waals surface area contributed by atoms with Gasteiger partial charge in [0.05, 0.1) is 17.3 Å². The smallest absolute Gasteiger partial charge is 0.253 e. The van der Waals surface area contributed by atoms with E-state index in [9.17, 15) is 30.0 Å². The lowest BCUT2D eigenvalue weighted by molar-refractivity contribution is -0.127. The van der Waals surface area contributed by atoms with Crippen molar-refractivity contribution in [2.75, 3.05) is 33.1 Å². The molecule has 0 radical (unpaired) electrons. The summed E-state index contributed by atoms with van der Waals surface area (Å²) in [5.74, 6) is -5.93. The number of epoxide rings is 1. The Balaban J connectivity index is 1.65. The lowest BCUT2D eigenvalue weighted by Crippen LogP contribution is -2.60. The minimum Gasteiger partial charge on any atom is -0.510 e. The normalized spacial score (nSPS) is 31.0. The van der Waals surface area contributed by atoms with Crippen LogP contribution in [0.25, 0.3) is 5.76 Å². The second-order valence-corrected chi connectivity index (χ2v) is 12.7. The molecule has 4 aliphatic rings. The van der Waals surface area contributed by atoms with Crippen LogP contribution in [-0.4, -0.2) is 93.2 Å². The summed E-state index contributed by atoms with van der Waals surface area (Å²) >= 11 is 0. The molecule has 1 amide bonds. The van der Waals surface area contributed by atoms with Crippen LogP contribution in [0.15, 0.2) is 16.9 Å². The number of aliphatic hydroxyl groups excluding tert-OH is 2. The molecule has 40 heavy (non-hydrogen) atoms. The fraction of sp³-hybridized carbons (Fsp3) is 0.607. The number of aromatic hydroxyl groups is 1. The molecular weight excluding hydrogens is 518 g/mol. The minimum absolute atomic E-state index is 0.0163. The maximum absolute atomic E-state index is 14.2. The largest absolute Gasteiger partial charge is 0.510 e. The molecule has 1 saturated carbocycles. The van der Waals surface area contributed by atoms with E-state index in [1.807, 2.05) is 27.9 Å². The standard InChI is InChI=1S/C28H39N5O7/c1-26(2,30)9-7-8-15-20(34)17-13(25(31-15)33(5)6)10-12-11-14-19(32(3)4)22(36)18(24(29)38)28(39)27(14,40-28)23(37)16(12)21(17)35/h12,14,19,34-36,39H,7-11,30H2,1-6H3,(H2,29,38)/t12-,14-,19-,27-,28?/m0/s1. The number of hydrogen-bond acceptors (Lipinski definition) is 11. The van der Waals surface area contributed by atoms with E-state index < -0.39 is 63.6 Å². The first-order chi connectivity index (χ1) is 18.5. The van der Waals surface area contributed by atoms with Crippen molar-refractivity contribution in [2.45, 2.75) is 68.9 Å². The summed E-state index contributed by atoms with van der Waals surface area (Å²) in [4.78, 5) is 34.7. The van der Waals surface area contributed by atoms with Gasteiger partial charge in [0, 0.05) is 36.7 Å². The molecule has 1 aromatic rings. The minimum atomic E-state index is -2.41. The quantitative estimate of drug-likeness (QED) is 0.257. The van der Waals surface area contributed by atoms with Crippen LogP contribution in [0.2, 0.25) is 0 Å². The SMILES string of the molecule is CN(C)c1nc(CCCC(C)(C)N)c(O)c2c1C[C@H]1C[C@H]3[C@H](N(C)C)C(O)=C(C(N)=O)C4(O)O[C@]34C(=O)C1=C2O. The second-order valence-electron chi connectivity index (χ2n) is 12.7. The Morgan fingerprint density at radius 2 is 1.85 bits per heavy atom. The average Bonchev–Trinajstić information content (AvgIpc) is 3.44. The van der Waals surface area contributed by atoms with Gasteiger partial charge in [-0.05, 0) is 66.0 Å². The fourth-order valence-corrected chi connectivity index (χ4v) is 7.10. The Morgan fingerprint density at radius 1 is 1.20 bits per heavy atom. The van der Waals surface area contributed by atoms with Crippen molar-refractivity contribution in [2.24, 2.45) is 23.3 Å². The Kier molecular flexibility index (Phi) is 6.31. The summed E-state index contributed by atoms with van der Waals surface area (Å²) in [6, 6.07) is -0.840. The topological polar surface area (TPSA) is 199 Å². The van der Waals surface area contributed by atoms with Gasteiger partial charge in [0.15, 0.2) is 5.60 Å². The molecule has 1 spiro atoms. The number of ketones is 1. The van der Waals surface area contributed by atoms with E-state index in [0.717, 1.165) is 0 Å². The number of aryl methyl sites for hydroxylation is 1. The number of pyridine rings is 1. The van der Waals surface area contributed by atoms with Gasteiger partial charge in [0.2, 0.25) is 11.6 Å². The molecule has 12 heteroatoms. The highest BCUT2D eigenvalue weighted by molar-refractivity contribution is 6.14. The van der Waals surface area contributed by atoms with E-state index >= 15 is 0 Å². The summed E-state index contributed by atoms with van der Waals surface area (Å²) < 4.78 is 5.70. The van der Waals surface area contributed by atoms with Crippen molar-refractivity contribution in [1.82, 2.24) is 9.88 Å². The van der Waals surface area contributed by atoms with Gasteiger partial charge in [-0.25, -0.2) is 4.98 Å². The van der Waals surface area contributed by atoms with Crippen molar-refractivity contribution < 1.29 is 34.8 Å². The molecule has 0 bridgehead atoms. The van der Waals surface area contributed by atoms with Gasteiger partial charge in [-0.3, -0.25) is 14.5 Å². The molecule has 1 aliphatic heterocycles. The van der Waals surface area contributed by atoms with Gasteiger partial charge in [-0.2, -0.15) is 0 Å². The van der Waals surface area contributed by atoms with Gasteiger partial charge >= 0.3 is 0 Å². The van der Waals surface area contributed by atoms with E-state index in [4.69, 9.17) is 21.2 Å². The molecule has 1 unspecified atom stereocenters. The van der Waals surface area contributed by atoms with Gasteiger partial charge in [0.1, 0.15) is 28.7 Å². The zero-order valence-corrected chi connectivity index (χ0v) is 23.8. The van der Waals surface area contributed by atoms with Crippen LogP contribution in [0.5, 0.6) is 5.75 Å². The van der Waals surface area contributed by atoms with Crippen LogP contribution in [0.3, 0.4) is 0 Å². The lowest BCUT2D eigenvalue weighted by atomic mass is 9.58. The van der Waals surface area contributed by atoms with E-state index in [1.54, 1.807) is 23.9 Å². The number of carbonyl (C=O) groups excluding carboxylic acids is 2. The van der Waals surface area contributed by atoms with Crippen molar-refractivity contribution in [3.05, 3.63) is 33.7 Å². The van der Waals surface area contributed by atoms with Crippen LogP contribution >= 0.6 is 0 Å². The number of Topliss-reactive ketones (excluding diaryl/α,β-unsaturated/α-hetero) is 1. The van der Waals surface area contributed by atoms with E-state index in [-0.39, 0.29) is 29.7 Å². The van der Waals surface area contributed by atoms with Crippen molar-refractivity contribution >= 4 is 23.3 Å². The molecule has 0 aromatic carbocycles. The summed E-state index contributed by atoms with van der Waals surface area (Å²) in [6.07, 6.45) is 2.27. The molecule has 1 saturated heterocycles. The molecule has 2 fully saturated rings. The molecule has 2 heterocycles. The van der Waals surface area contributed by atoms with Crippen molar-refractivity contribution in [3.8, 4) is 5.75 Å². The molecule has 12 nitrogen and oxygen atoms in total. The van der Waals surface area contributed by atoms with Crippen LogP contribution in [0, 0.1) is 11.8 Å². The Bertz CT molecular complexity index is 1380. The number of aromatic nitrogens is 1. The van der Waals surface area contributed by atoms with Crippen LogP contribution in [-0.2, 0) is 27.2 Å². The number of hydrogen-bond donors (Lipinski definition) is 6. The third kappa shape index (κ3) is 3.76. The third-order valence-corrected chi connectivity index (χ3v) is 8.80. The number of primary amides is 1. The third-order valence-electron chi connectivity index (χ3n) is 8.80. The Hall–Kier alpha value is -3.19. The van der Waals surface area contributed by atoms with Gasteiger partial charge in [-0.15, -0.1) is 0 Å². The molecule has 218 valence electrons. The molecule has 8 N–H and O–H groups in total.